The molecule has 0 saturated carbocycles. The zero-order chi connectivity index (χ0) is 20.6. The van der Waals surface area contributed by atoms with Gasteiger partial charge in [0, 0.05) is 18.0 Å². The molecule has 1 aliphatic rings. The summed E-state index contributed by atoms with van der Waals surface area (Å²) in [6, 6.07) is 7.10. The number of nitrogens with two attached hydrogens (primary N) is 1. The van der Waals surface area contributed by atoms with Crippen molar-refractivity contribution in [2.45, 2.75) is 18.9 Å². The van der Waals surface area contributed by atoms with E-state index in [1.807, 2.05) is 0 Å². The number of anilines is 1. The number of aliphatic imine (C=N–C) groups is 1. The molecule has 3 rings (SSSR count). The Kier molecular flexibility index (Phi) is 7.15. The van der Waals surface area contributed by atoms with E-state index in [0.29, 0.717) is 27.9 Å². The molecule has 0 unspecified atom stereocenters. The van der Waals surface area contributed by atoms with E-state index in [-0.39, 0.29) is 6.04 Å². The Morgan fingerprint density at radius 2 is 2.07 bits per heavy atom. The fourth-order valence-corrected chi connectivity index (χ4v) is 3.10. The van der Waals surface area contributed by atoms with Crippen LogP contribution in [0.15, 0.2) is 47.4 Å². The van der Waals surface area contributed by atoms with Gasteiger partial charge in [-0.2, -0.15) is 0 Å². The molecule has 0 atom stereocenters. The van der Waals surface area contributed by atoms with E-state index in [4.69, 9.17) is 22.1 Å². The first-order chi connectivity index (χ1) is 14.1. The highest BCUT2D eigenvalue weighted by Gasteiger charge is 2.12. The molecule has 0 aliphatic carbocycles. The molecule has 2 aromatic rings. The minimum atomic E-state index is -0.404. The van der Waals surface area contributed by atoms with E-state index < -0.39 is 5.97 Å². The van der Waals surface area contributed by atoms with Crippen molar-refractivity contribution in [2.24, 2.45) is 10.7 Å². The summed E-state index contributed by atoms with van der Waals surface area (Å²) in [5.74, 6) is -0.0617. The standard InChI is InChI=1S/C20H23ClN6O2/c1-29-19(28)14-4-2-13(3-5-14)18-17(21)12-25-20(27-18)26-16(10-22)11-24-15-6-8-23-9-7-15/h2-5,10-12,15,23H,6-9,22H2,1H3,(H,25,26,27). The Morgan fingerprint density at radius 1 is 1.34 bits per heavy atom. The van der Waals surface area contributed by atoms with Gasteiger partial charge in [-0.3, -0.25) is 4.99 Å². The van der Waals surface area contributed by atoms with Crippen molar-refractivity contribution in [3.63, 3.8) is 0 Å². The summed E-state index contributed by atoms with van der Waals surface area (Å²) in [5.41, 5.74) is 8.04. The van der Waals surface area contributed by atoms with Crippen LogP contribution < -0.4 is 16.4 Å². The van der Waals surface area contributed by atoms with Crippen molar-refractivity contribution in [1.82, 2.24) is 15.3 Å². The Hall–Kier alpha value is -2.97. The van der Waals surface area contributed by atoms with Crippen LogP contribution in [-0.4, -0.2) is 48.4 Å². The molecule has 0 amide bonds. The predicted molar refractivity (Wildman–Crippen MR) is 114 cm³/mol. The summed E-state index contributed by atoms with van der Waals surface area (Å²) < 4.78 is 4.71. The first-order valence-electron chi connectivity index (χ1n) is 9.25. The van der Waals surface area contributed by atoms with Crippen LogP contribution in [0.25, 0.3) is 11.3 Å². The van der Waals surface area contributed by atoms with Gasteiger partial charge in [0.05, 0.1) is 41.3 Å². The quantitative estimate of drug-likeness (QED) is 0.491. The summed E-state index contributed by atoms with van der Waals surface area (Å²) in [6.45, 7) is 1.94. The van der Waals surface area contributed by atoms with Crippen molar-refractivity contribution < 1.29 is 9.53 Å². The number of allylic oxidation sites excluding steroid dienone is 1. The fraction of sp³-hybridized carbons (Fsp3) is 0.300. The zero-order valence-corrected chi connectivity index (χ0v) is 16.8. The SMILES string of the molecule is COC(=O)c1ccc(-c2nc(NC(C=NC3CCNCC3)=CN)ncc2Cl)cc1. The van der Waals surface area contributed by atoms with Crippen LogP contribution in [0.3, 0.4) is 0 Å². The molecule has 0 radical (unpaired) electrons. The molecule has 2 heterocycles. The van der Waals surface area contributed by atoms with Crippen molar-refractivity contribution in [3.8, 4) is 11.3 Å². The second kappa shape index (κ2) is 9.99. The highest BCUT2D eigenvalue weighted by Crippen LogP contribution is 2.26. The number of esters is 1. The summed E-state index contributed by atoms with van der Waals surface area (Å²) in [6.07, 6.45) is 6.64. The Morgan fingerprint density at radius 3 is 2.72 bits per heavy atom. The summed E-state index contributed by atoms with van der Waals surface area (Å²) in [4.78, 5) is 24.9. The molecule has 1 aromatic heterocycles. The summed E-state index contributed by atoms with van der Waals surface area (Å²) in [5, 5.41) is 6.76. The average molecular weight is 415 g/mol. The second-order valence-electron chi connectivity index (χ2n) is 6.47. The number of methoxy groups -OCH3 is 1. The fourth-order valence-electron chi connectivity index (χ4n) is 2.90. The minimum absolute atomic E-state index is 0.281. The zero-order valence-electron chi connectivity index (χ0n) is 16.1. The van der Waals surface area contributed by atoms with Gasteiger partial charge in [-0.15, -0.1) is 0 Å². The van der Waals surface area contributed by atoms with Gasteiger partial charge >= 0.3 is 5.97 Å². The lowest BCUT2D eigenvalue weighted by Crippen LogP contribution is -2.30. The maximum Gasteiger partial charge on any atom is 0.337 e. The number of rotatable bonds is 6. The first kappa shape index (κ1) is 20.8. The molecule has 152 valence electrons. The van der Waals surface area contributed by atoms with Gasteiger partial charge in [0.1, 0.15) is 0 Å². The van der Waals surface area contributed by atoms with Gasteiger partial charge in [0.15, 0.2) is 0 Å². The smallest absolute Gasteiger partial charge is 0.337 e. The highest BCUT2D eigenvalue weighted by atomic mass is 35.5. The molecular formula is C20H23ClN6O2. The van der Waals surface area contributed by atoms with Gasteiger partial charge in [0.25, 0.3) is 0 Å². The summed E-state index contributed by atoms with van der Waals surface area (Å²) >= 11 is 6.28. The Labute approximate surface area is 174 Å². The molecule has 0 bridgehead atoms. The van der Waals surface area contributed by atoms with Crippen molar-refractivity contribution in [3.05, 3.63) is 52.9 Å². The van der Waals surface area contributed by atoms with E-state index in [2.05, 4.69) is 25.6 Å². The number of nitrogens with one attached hydrogen (secondary N) is 2. The number of halogens is 1. The number of benzene rings is 1. The van der Waals surface area contributed by atoms with Gasteiger partial charge in [-0.25, -0.2) is 14.8 Å². The van der Waals surface area contributed by atoms with E-state index in [1.54, 1.807) is 30.5 Å². The predicted octanol–water partition coefficient (Wildman–Crippen LogP) is 2.62. The lowest BCUT2D eigenvalue weighted by atomic mass is 10.1. The van der Waals surface area contributed by atoms with E-state index >= 15 is 0 Å². The molecule has 29 heavy (non-hydrogen) atoms. The minimum Gasteiger partial charge on any atom is -0.465 e. The third-order valence-corrected chi connectivity index (χ3v) is 4.77. The Balaban J connectivity index is 1.75. The molecule has 1 aromatic carbocycles. The van der Waals surface area contributed by atoms with Crippen molar-refractivity contribution in [2.75, 3.05) is 25.5 Å². The first-order valence-corrected chi connectivity index (χ1v) is 9.62. The number of carbonyl (C=O) groups excluding carboxylic acids is 1. The van der Waals surface area contributed by atoms with Crippen LogP contribution in [0.1, 0.15) is 23.2 Å². The normalized spacial score (nSPS) is 15.4. The van der Waals surface area contributed by atoms with Gasteiger partial charge in [-0.05, 0) is 38.1 Å². The van der Waals surface area contributed by atoms with Crippen LogP contribution in [0.5, 0.6) is 0 Å². The molecule has 1 saturated heterocycles. The number of aromatic nitrogens is 2. The monoisotopic (exact) mass is 414 g/mol. The largest absolute Gasteiger partial charge is 0.465 e. The van der Waals surface area contributed by atoms with Gasteiger partial charge in [0.2, 0.25) is 5.95 Å². The molecule has 9 heteroatoms. The Bertz CT molecular complexity index is 908. The topological polar surface area (TPSA) is 115 Å². The van der Waals surface area contributed by atoms with Crippen LogP contribution >= 0.6 is 11.6 Å². The molecule has 0 spiro atoms. The van der Waals surface area contributed by atoms with Crippen LogP contribution in [0.4, 0.5) is 5.95 Å². The number of ether oxygens (including phenoxy) is 1. The lowest BCUT2D eigenvalue weighted by Gasteiger charge is -2.18. The number of piperidine rings is 1. The number of nitrogens with zero attached hydrogens (tertiary/aromatic N) is 3. The van der Waals surface area contributed by atoms with Crippen molar-refractivity contribution >= 4 is 29.7 Å². The number of hydrogen-bond donors (Lipinski definition) is 3. The number of carbonyl (C=O) groups is 1. The molecular weight excluding hydrogens is 392 g/mol. The van der Waals surface area contributed by atoms with E-state index in [1.165, 1.54) is 19.5 Å². The number of hydrogen-bond acceptors (Lipinski definition) is 8. The van der Waals surface area contributed by atoms with E-state index in [0.717, 1.165) is 31.5 Å². The molecule has 1 fully saturated rings. The van der Waals surface area contributed by atoms with Crippen LogP contribution in [0, 0.1) is 0 Å². The van der Waals surface area contributed by atoms with Crippen molar-refractivity contribution in [1.29, 1.82) is 0 Å². The molecule has 8 nitrogen and oxygen atoms in total. The molecule has 4 N–H and O–H groups in total. The average Bonchev–Trinajstić information content (AvgIpc) is 2.78. The lowest BCUT2D eigenvalue weighted by molar-refractivity contribution is 0.0601. The maximum absolute atomic E-state index is 11.6. The highest BCUT2D eigenvalue weighted by molar-refractivity contribution is 6.32. The summed E-state index contributed by atoms with van der Waals surface area (Å²) in [7, 11) is 1.34. The third-order valence-electron chi connectivity index (χ3n) is 4.49. The van der Waals surface area contributed by atoms with Crippen LogP contribution in [0.2, 0.25) is 5.02 Å². The second-order valence-corrected chi connectivity index (χ2v) is 6.87. The maximum atomic E-state index is 11.6. The van der Waals surface area contributed by atoms with Gasteiger partial charge < -0.3 is 21.1 Å². The van der Waals surface area contributed by atoms with Crippen LogP contribution in [-0.2, 0) is 4.74 Å². The third kappa shape index (κ3) is 5.52. The molecule has 1 aliphatic heterocycles. The van der Waals surface area contributed by atoms with E-state index in [9.17, 15) is 4.79 Å². The van der Waals surface area contributed by atoms with Gasteiger partial charge in [-0.1, -0.05) is 23.7 Å².